The molecule has 0 aliphatic heterocycles. The Morgan fingerprint density at radius 3 is 1.81 bits per heavy atom. The summed E-state index contributed by atoms with van der Waals surface area (Å²) in [6.45, 7) is 4.82. The maximum absolute atomic E-state index is 13.2. The quantitative estimate of drug-likeness (QED) is 0.148. The van der Waals surface area contributed by atoms with E-state index in [0.717, 1.165) is 4.68 Å². The first-order chi connectivity index (χ1) is 20.4. The summed E-state index contributed by atoms with van der Waals surface area (Å²) in [5.41, 5.74) is 5.56. The number of nitro groups is 1. The molecular formula is C28H26N8O6. The second-order valence-corrected chi connectivity index (χ2v) is 8.37. The van der Waals surface area contributed by atoms with Gasteiger partial charge in [-0.15, -0.1) is 5.10 Å². The fourth-order valence-electron chi connectivity index (χ4n) is 3.61. The highest BCUT2D eigenvalue weighted by atomic mass is 16.6. The Kier molecular flexibility index (Phi) is 9.64. The van der Waals surface area contributed by atoms with Crippen LogP contribution in [0.5, 0.6) is 11.5 Å². The van der Waals surface area contributed by atoms with Crippen molar-refractivity contribution in [2.45, 2.75) is 13.8 Å². The maximum atomic E-state index is 13.2. The molecule has 214 valence electrons. The first kappa shape index (κ1) is 29.1. The van der Waals surface area contributed by atoms with E-state index in [1.165, 1.54) is 36.7 Å². The van der Waals surface area contributed by atoms with Gasteiger partial charge in [0, 0.05) is 12.1 Å². The summed E-state index contributed by atoms with van der Waals surface area (Å²) < 4.78 is 11.9. The van der Waals surface area contributed by atoms with Crippen molar-refractivity contribution in [2.24, 2.45) is 10.2 Å². The smallest absolute Gasteiger partial charge is 0.294 e. The van der Waals surface area contributed by atoms with Crippen LogP contribution in [-0.2, 0) is 0 Å². The lowest BCUT2D eigenvalue weighted by molar-refractivity contribution is -0.384. The Morgan fingerprint density at radius 2 is 1.33 bits per heavy atom. The van der Waals surface area contributed by atoms with Gasteiger partial charge in [-0.1, -0.05) is 5.21 Å². The van der Waals surface area contributed by atoms with Crippen molar-refractivity contribution < 1.29 is 24.0 Å². The van der Waals surface area contributed by atoms with Gasteiger partial charge in [-0.2, -0.15) is 10.2 Å². The van der Waals surface area contributed by atoms with Gasteiger partial charge in [-0.3, -0.25) is 19.7 Å². The van der Waals surface area contributed by atoms with E-state index in [4.69, 9.17) is 9.47 Å². The zero-order valence-corrected chi connectivity index (χ0v) is 22.6. The second-order valence-electron chi connectivity index (χ2n) is 8.37. The van der Waals surface area contributed by atoms with Crippen LogP contribution in [0.3, 0.4) is 0 Å². The summed E-state index contributed by atoms with van der Waals surface area (Å²) in [4.78, 5) is 36.7. The molecular weight excluding hydrogens is 544 g/mol. The van der Waals surface area contributed by atoms with E-state index in [1.807, 2.05) is 13.8 Å². The maximum Gasteiger partial charge on any atom is 0.294 e. The molecule has 14 heteroatoms. The summed E-state index contributed by atoms with van der Waals surface area (Å²) in [6, 6.07) is 19.3. The first-order valence-electron chi connectivity index (χ1n) is 12.7. The molecule has 0 atom stereocenters. The van der Waals surface area contributed by atoms with Crippen LogP contribution in [-0.4, -0.2) is 57.4 Å². The number of rotatable bonds is 12. The molecule has 0 spiro atoms. The Balaban J connectivity index is 1.55. The van der Waals surface area contributed by atoms with E-state index in [1.54, 1.807) is 48.5 Å². The zero-order valence-electron chi connectivity index (χ0n) is 22.6. The molecule has 0 unspecified atom stereocenters. The van der Waals surface area contributed by atoms with Crippen LogP contribution < -0.4 is 20.3 Å². The number of aromatic nitrogens is 3. The topological polar surface area (TPSA) is 175 Å². The van der Waals surface area contributed by atoms with Crippen LogP contribution in [0.25, 0.3) is 5.69 Å². The Hall–Kier alpha value is -5.92. The third-order valence-corrected chi connectivity index (χ3v) is 5.55. The molecule has 42 heavy (non-hydrogen) atoms. The normalized spacial score (nSPS) is 11.0. The Labute approximate surface area is 239 Å². The van der Waals surface area contributed by atoms with Gasteiger partial charge >= 0.3 is 0 Å². The third kappa shape index (κ3) is 7.38. The summed E-state index contributed by atoms with van der Waals surface area (Å²) >= 11 is 0. The number of hydrazone groups is 2. The number of nitro benzene ring substituents is 1. The molecule has 3 aromatic carbocycles. The first-order valence-corrected chi connectivity index (χ1v) is 12.7. The van der Waals surface area contributed by atoms with E-state index in [9.17, 15) is 19.7 Å². The molecule has 2 amide bonds. The van der Waals surface area contributed by atoms with Gasteiger partial charge in [-0.25, -0.2) is 15.5 Å². The molecule has 14 nitrogen and oxygen atoms in total. The number of nitrogens with zero attached hydrogens (tertiary/aromatic N) is 6. The highest BCUT2D eigenvalue weighted by Gasteiger charge is 2.26. The van der Waals surface area contributed by atoms with E-state index in [0.29, 0.717) is 35.8 Å². The van der Waals surface area contributed by atoms with Crippen LogP contribution in [0.15, 0.2) is 83.0 Å². The number of carbonyl (C=O) groups excluding carboxylic acids is 2. The molecule has 0 saturated carbocycles. The molecule has 0 fully saturated rings. The molecule has 0 aliphatic rings. The van der Waals surface area contributed by atoms with E-state index in [-0.39, 0.29) is 22.8 Å². The van der Waals surface area contributed by atoms with E-state index < -0.39 is 16.7 Å². The van der Waals surface area contributed by atoms with Crippen molar-refractivity contribution in [3.05, 3.63) is 105 Å². The second kappa shape index (κ2) is 13.9. The summed E-state index contributed by atoms with van der Waals surface area (Å²) in [7, 11) is 0. The molecule has 0 bridgehead atoms. The van der Waals surface area contributed by atoms with Gasteiger partial charge in [0.05, 0.1) is 36.3 Å². The molecule has 1 heterocycles. The number of non-ortho nitro benzene ring substituents is 1. The standard InChI is InChI=1S/C28H26N8O6/c1-3-41-23-13-5-19(6-14-23)17-29-32-27(37)25-26(35(34-31-25)21-9-11-22(12-10-21)36(39)40)28(38)33-30-18-20-7-15-24(16-8-20)42-4-2/h5-18H,3-4H2,1-2H3,(H,32,37)(H,33,38). The number of carbonyl (C=O) groups is 2. The molecule has 0 aliphatic carbocycles. The van der Waals surface area contributed by atoms with Crippen molar-refractivity contribution in [2.75, 3.05) is 13.2 Å². The SMILES string of the molecule is CCOc1ccc(C=NNC(=O)c2nnn(-c3ccc([N+](=O)[O-])cc3)c2C(=O)NN=Cc2ccc(OCC)cc2)cc1. The van der Waals surface area contributed by atoms with Gasteiger partial charge in [0.25, 0.3) is 17.5 Å². The minimum atomic E-state index is -0.814. The third-order valence-electron chi connectivity index (χ3n) is 5.55. The van der Waals surface area contributed by atoms with E-state index in [2.05, 4.69) is 31.4 Å². The molecule has 0 saturated heterocycles. The monoisotopic (exact) mass is 570 g/mol. The van der Waals surface area contributed by atoms with Gasteiger partial charge in [0.15, 0.2) is 11.4 Å². The van der Waals surface area contributed by atoms with Crippen LogP contribution in [0.2, 0.25) is 0 Å². The van der Waals surface area contributed by atoms with Crippen LogP contribution in [0.1, 0.15) is 46.0 Å². The number of ether oxygens (including phenoxy) is 2. The van der Waals surface area contributed by atoms with Crippen LogP contribution in [0.4, 0.5) is 5.69 Å². The number of amides is 2. The van der Waals surface area contributed by atoms with Crippen LogP contribution >= 0.6 is 0 Å². The minimum Gasteiger partial charge on any atom is -0.494 e. The Bertz CT molecular complexity index is 1600. The zero-order chi connectivity index (χ0) is 29.9. The highest BCUT2D eigenvalue weighted by Crippen LogP contribution is 2.18. The van der Waals surface area contributed by atoms with Crippen molar-refractivity contribution >= 4 is 29.9 Å². The predicted molar refractivity (Wildman–Crippen MR) is 153 cm³/mol. The van der Waals surface area contributed by atoms with E-state index >= 15 is 0 Å². The number of hydrogen-bond acceptors (Lipinski definition) is 10. The van der Waals surface area contributed by atoms with Crippen molar-refractivity contribution in [1.29, 1.82) is 0 Å². The summed E-state index contributed by atoms with van der Waals surface area (Å²) in [5.74, 6) is -0.229. The lowest BCUT2D eigenvalue weighted by atomic mass is 10.2. The van der Waals surface area contributed by atoms with Crippen molar-refractivity contribution in [3.63, 3.8) is 0 Å². The molecule has 4 rings (SSSR count). The average Bonchev–Trinajstić information content (AvgIpc) is 3.45. The molecule has 1 aromatic heterocycles. The highest BCUT2D eigenvalue weighted by molar-refractivity contribution is 6.05. The van der Waals surface area contributed by atoms with Gasteiger partial charge in [0.1, 0.15) is 11.5 Å². The number of benzene rings is 3. The largest absolute Gasteiger partial charge is 0.494 e. The lowest BCUT2D eigenvalue weighted by Crippen LogP contribution is -2.27. The number of nitrogens with one attached hydrogen (secondary N) is 2. The Morgan fingerprint density at radius 1 is 0.833 bits per heavy atom. The van der Waals surface area contributed by atoms with Crippen LogP contribution in [0, 0.1) is 10.1 Å². The van der Waals surface area contributed by atoms with Crippen molar-refractivity contribution in [3.8, 4) is 17.2 Å². The van der Waals surface area contributed by atoms with Gasteiger partial charge in [0.2, 0.25) is 0 Å². The molecule has 4 aromatic rings. The van der Waals surface area contributed by atoms with Gasteiger partial charge in [-0.05, 0) is 85.6 Å². The summed E-state index contributed by atoms with van der Waals surface area (Å²) in [6.07, 6.45) is 2.82. The fraction of sp³-hybridized carbons (Fsp3) is 0.143. The fourth-order valence-corrected chi connectivity index (χ4v) is 3.61. The minimum absolute atomic E-state index is 0.161. The lowest BCUT2D eigenvalue weighted by Gasteiger charge is -2.07. The van der Waals surface area contributed by atoms with Gasteiger partial charge < -0.3 is 9.47 Å². The summed E-state index contributed by atoms with van der Waals surface area (Å²) in [5, 5.41) is 26.8. The predicted octanol–water partition coefficient (Wildman–Crippen LogP) is 3.50. The molecule has 2 N–H and O–H groups in total. The molecule has 0 radical (unpaired) electrons. The van der Waals surface area contributed by atoms with Crippen molar-refractivity contribution in [1.82, 2.24) is 25.8 Å². The average molecular weight is 571 g/mol. The number of hydrogen-bond donors (Lipinski definition) is 2.